The first-order valence-corrected chi connectivity index (χ1v) is 4.26. The molecular weight excluding hydrogens is 148 g/mol. The number of hydrogen-bond acceptors (Lipinski definition) is 2. The van der Waals surface area contributed by atoms with Gasteiger partial charge in [-0.15, -0.1) is 0 Å². The molecule has 1 rings (SSSR count). The molecule has 1 atom stereocenters. The van der Waals surface area contributed by atoms with E-state index >= 15 is 0 Å². The third-order valence-electron chi connectivity index (χ3n) is 1.90. The lowest BCUT2D eigenvalue weighted by Crippen LogP contribution is -2.25. The first kappa shape index (κ1) is 9.07. The molecular formula is C10H16N2. The van der Waals surface area contributed by atoms with Gasteiger partial charge < -0.3 is 11.1 Å². The van der Waals surface area contributed by atoms with Crippen molar-refractivity contribution in [1.82, 2.24) is 0 Å². The molecule has 1 aromatic carbocycles. The Labute approximate surface area is 73.8 Å². The standard InChI is InChI=1S/C10H16N2/c1-8-5-3-4-6-10(8)12-9(2)7-11/h3-6,9,12H,7,11H2,1-2H3. The molecule has 0 aromatic heterocycles. The number of hydrogen-bond donors (Lipinski definition) is 2. The van der Waals surface area contributed by atoms with Crippen LogP contribution < -0.4 is 11.1 Å². The lowest BCUT2D eigenvalue weighted by Gasteiger charge is -2.14. The van der Waals surface area contributed by atoms with Crippen LogP contribution in [0.1, 0.15) is 12.5 Å². The summed E-state index contributed by atoms with van der Waals surface area (Å²) in [6, 6.07) is 8.56. The zero-order chi connectivity index (χ0) is 8.97. The molecule has 66 valence electrons. The summed E-state index contributed by atoms with van der Waals surface area (Å²) < 4.78 is 0. The molecule has 2 heteroatoms. The molecule has 2 nitrogen and oxygen atoms in total. The van der Waals surface area contributed by atoms with Gasteiger partial charge in [-0.2, -0.15) is 0 Å². The second-order valence-corrected chi connectivity index (χ2v) is 3.10. The van der Waals surface area contributed by atoms with E-state index in [0.717, 1.165) is 0 Å². The van der Waals surface area contributed by atoms with Crippen molar-refractivity contribution >= 4 is 5.69 Å². The molecule has 1 unspecified atom stereocenters. The predicted molar refractivity (Wildman–Crippen MR) is 53.3 cm³/mol. The highest BCUT2D eigenvalue weighted by atomic mass is 14.9. The van der Waals surface area contributed by atoms with Crippen molar-refractivity contribution in [3.05, 3.63) is 29.8 Å². The number of anilines is 1. The van der Waals surface area contributed by atoms with Crippen LogP contribution in [0.25, 0.3) is 0 Å². The quantitative estimate of drug-likeness (QED) is 0.714. The van der Waals surface area contributed by atoms with E-state index < -0.39 is 0 Å². The molecule has 0 aliphatic heterocycles. The maximum atomic E-state index is 5.51. The summed E-state index contributed by atoms with van der Waals surface area (Å²) in [6.07, 6.45) is 0. The number of benzene rings is 1. The largest absolute Gasteiger partial charge is 0.381 e. The van der Waals surface area contributed by atoms with Gasteiger partial charge in [-0.3, -0.25) is 0 Å². The smallest absolute Gasteiger partial charge is 0.0372 e. The summed E-state index contributed by atoms with van der Waals surface area (Å²) >= 11 is 0. The van der Waals surface area contributed by atoms with Crippen LogP contribution in [0.15, 0.2) is 24.3 Å². The van der Waals surface area contributed by atoms with Crippen LogP contribution in [0.4, 0.5) is 5.69 Å². The van der Waals surface area contributed by atoms with Gasteiger partial charge in [0.05, 0.1) is 0 Å². The van der Waals surface area contributed by atoms with Crippen LogP contribution in [0.5, 0.6) is 0 Å². The highest BCUT2D eigenvalue weighted by Crippen LogP contribution is 2.13. The normalized spacial score (nSPS) is 12.6. The van der Waals surface area contributed by atoms with Crippen LogP contribution in [-0.2, 0) is 0 Å². The summed E-state index contributed by atoms with van der Waals surface area (Å²) in [4.78, 5) is 0. The fraction of sp³-hybridized carbons (Fsp3) is 0.400. The van der Waals surface area contributed by atoms with Gasteiger partial charge in [-0.1, -0.05) is 18.2 Å². The molecule has 12 heavy (non-hydrogen) atoms. The molecule has 0 radical (unpaired) electrons. The molecule has 0 heterocycles. The Morgan fingerprint density at radius 3 is 2.67 bits per heavy atom. The van der Waals surface area contributed by atoms with Gasteiger partial charge >= 0.3 is 0 Å². The number of rotatable bonds is 3. The third-order valence-corrected chi connectivity index (χ3v) is 1.90. The summed E-state index contributed by atoms with van der Waals surface area (Å²) in [6.45, 7) is 4.83. The molecule has 0 saturated heterocycles. The van der Waals surface area contributed by atoms with Gasteiger partial charge in [0.25, 0.3) is 0 Å². The van der Waals surface area contributed by atoms with Crippen molar-refractivity contribution in [3.63, 3.8) is 0 Å². The fourth-order valence-corrected chi connectivity index (χ4v) is 1.06. The molecule has 0 spiro atoms. The highest BCUT2D eigenvalue weighted by Gasteiger charge is 1.99. The number of para-hydroxylation sites is 1. The average molecular weight is 164 g/mol. The zero-order valence-electron chi connectivity index (χ0n) is 7.67. The number of aryl methyl sites for hydroxylation is 1. The lowest BCUT2D eigenvalue weighted by molar-refractivity contribution is 0.803. The summed E-state index contributed by atoms with van der Waals surface area (Å²) in [7, 11) is 0. The average Bonchev–Trinajstić information content (AvgIpc) is 2.09. The Balaban J connectivity index is 2.69. The van der Waals surface area contributed by atoms with E-state index in [1.807, 2.05) is 12.1 Å². The van der Waals surface area contributed by atoms with Gasteiger partial charge in [0.15, 0.2) is 0 Å². The molecule has 0 amide bonds. The topological polar surface area (TPSA) is 38.0 Å². The Morgan fingerprint density at radius 1 is 1.42 bits per heavy atom. The summed E-state index contributed by atoms with van der Waals surface area (Å²) in [5.74, 6) is 0. The van der Waals surface area contributed by atoms with Crippen molar-refractivity contribution in [1.29, 1.82) is 0 Å². The minimum atomic E-state index is 0.339. The summed E-state index contributed by atoms with van der Waals surface area (Å²) in [5.41, 5.74) is 7.95. The van der Waals surface area contributed by atoms with E-state index in [9.17, 15) is 0 Å². The second-order valence-electron chi connectivity index (χ2n) is 3.10. The Morgan fingerprint density at radius 2 is 2.08 bits per heavy atom. The van der Waals surface area contributed by atoms with Crippen LogP contribution in [0.2, 0.25) is 0 Å². The molecule has 0 bridgehead atoms. The van der Waals surface area contributed by atoms with Gasteiger partial charge in [0.1, 0.15) is 0 Å². The maximum absolute atomic E-state index is 5.51. The minimum absolute atomic E-state index is 0.339. The molecule has 1 aromatic rings. The van der Waals surface area contributed by atoms with E-state index in [1.165, 1.54) is 11.3 Å². The van der Waals surface area contributed by atoms with Crippen molar-refractivity contribution < 1.29 is 0 Å². The third kappa shape index (κ3) is 2.24. The predicted octanol–water partition coefficient (Wildman–Crippen LogP) is 1.75. The Kier molecular flexibility index (Phi) is 3.11. The van der Waals surface area contributed by atoms with Crippen LogP contribution in [0, 0.1) is 6.92 Å². The zero-order valence-corrected chi connectivity index (χ0v) is 7.67. The van der Waals surface area contributed by atoms with E-state index in [2.05, 4.69) is 31.3 Å². The van der Waals surface area contributed by atoms with Crippen LogP contribution in [-0.4, -0.2) is 12.6 Å². The Hall–Kier alpha value is -1.02. The van der Waals surface area contributed by atoms with Crippen LogP contribution >= 0.6 is 0 Å². The van der Waals surface area contributed by atoms with Crippen molar-refractivity contribution in [3.8, 4) is 0 Å². The Bertz CT molecular complexity index is 245. The molecule has 0 saturated carbocycles. The fourth-order valence-electron chi connectivity index (χ4n) is 1.06. The van der Waals surface area contributed by atoms with Gasteiger partial charge in [-0.25, -0.2) is 0 Å². The van der Waals surface area contributed by atoms with Crippen molar-refractivity contribution in [2.75, 3.05) is 11.9 Å². The monoisotopic (exact) mass is 164 g/mol. The first-order chi connectivity index (χ1) is 5.74. The van der Waals surface area contributed by atoms with Crippen molar-refractivity contribution in [2.24, 2.45) is 5.73 Å². The van der Waals surface area contributed by atoms with E-state index in [0.29, 0.717) is 12.6 Å². The maximum Gasteiger partial charge on any atom is 0.0372 e. The SMILES string of the molecule is Cc1ccccc1NC(C)CN. The van der Waals surface area contributed by atoms with E-state index in [4.69, 9.17) is 5.73 Å². The van der Waals surface area contributed by atoms with E-state index in [-0.39, 0.29) is 0 Å². The van der Waals surface area contributed by atoms with Gasteiger partial charge in [0, 0.05) is 18.3 Å². The molecule has 0 aliphatic rings. The van der Waals surface area contributed by atoms with Crippen LogP contribution in [0.3, 0.4) is 0 Å². The van der Waals surface area contributed by atoms with Crippen molar-refractivity contribution in [2.45, 2.75) is 19.9 Å². The lowest BCUT2D eigenvalue weighted by atomic mass is 10.2. The van der Waals surface area contributed by atoms with E-state index in [1.54, 1.807) is 0 Å². The number of nitrogens with two attached hydrogens (primary N) is 1. The molecule has 0 aliphatic carbocycles. The van der Waals surface area contributed by atoms with Gasteiger partial charge in [0.2, 0.25) is 0 Å². The first-order valence-electron chi connectivity index (χ1n) is 4.26. The minimum Gasteiger partial charge on any atom is -0.381 e. The highest BCUT2D eigenvalue weighted by molar-refractivity contribution is 5.50. The van der Waals surface area contributed by atoms with Gasteiger partial charge in [-0.05, 0) is 25.5 Å². The summed E-state index contributed by atoms with van der Waals surface area (Å²) in [5, 5.41) is 3.33. The second kappa shape index (κ2) is 4.12. The number of nitrogens with one attached hydrogen (secondary N) is 1. The molecule has 3 N–H and O–H groups in total. The molecule has 0 fully saturated rings.